The number of hydrogen-bond acceptors (Lipinski definition) is 3. The highest BCUT2D eigenvalue weighted by Crippen LogP contribution is 2.18. The Bertz CT molecular complexity index is 564. The Morgan fingerprint density at radius 1 is 1.19 bits per heavy atom. The third-order valence-electron chi connectivity index (χ3n) is 4.42. The minimum Gasteiger partial charge on any atom is -0.326 e. The van der Waals surface area contributed by atoms with Crippen molar-refractivity contribution < 1.29 is 8.42 Å². The maximum Gasteiger partial charge on any atom is 0.212 e. The van der Waals surface area contributed by atoms with Gasteiger partial charge >= 0.3 is 0 Å². The molecule has 0 heterocycles. The Balaban J connectivity index is 1.98. The highest BCUT2D eigenvalue weighted by atomic mass is 32.2. The average molecular weight is 310 g/mol. The second kappa shape index (κ2) is 6.90. The van der Waals surface area contributed by atoms with E-state index in [0.29, 0.717) is 6.42 Å². The van der Waals surface area contributed by atoms with Gasteiger partial charge in [0.25, 0.3) is 0 Å². The van der Waals surface area contributed by atoms with Crippen LogP contribution in [0.2, 0.25) is 0 Å². The normalized spacial score (nSPS) is 23.2. The van der Waals surface area contributed by atoms with E-state index in [1.54, 1.807) is 0 Å². The fourth-order valence-electron chi connectivity index (χ4n) is 3.08. The van der Waals surface area contributed by atoms with Gasteiger partial charge in [0.1, 0.15) is 0 Å². The van der Waals surface area contributed by atoms with E-state index in [4.69, 9.17) is 5.73 Å². The SMILES string of the molecule is Cc1cccc(C)c1CCS(=O)(=O)NC1CCCCC1N. The van der Waals surface area contributed by atoms with Crippen LogP contribution in [-0.4, -0.2) is 26.3 Å². The van der Waals surface area contributed by atoms with Crippen LogP contribution in [0.1, 0.15) is 42.4 Å². The molecule has 0 aromatic heterocycles. The van der Waals surface area contributed by atoms with Crippen LogP contribution in [0.4, 0.5) is 0 Å². The summed E-state index contributed by atoms with van der Waals surface area (Å²) in [5.74, 6) is 0.127. The standard InChI is InChI=1S/C16H26N2O2S/c1-12-6-5-7-13(2)14(12)10-11-21(19,20)18-16-9-4-3-8-15(16)17/h5-7,15-16,18H,3-4,8-11,17H2,1-2H3. The summed E-state index contributed by atoms with van der Waals surface area (Å²) >= 11 is 0. The van der Waals surface area contributed by atoms with Gasteiger partial charge in [-0.25, -0.2) is 13.1 Å². The van der Waals surface area contributed by atoms with E-state index < -0.39 is 10.0 Å². The highest BCUT2D eigenvalue weighted by Gasteiger charge is 2.26. The van der Waals surface area contributed by atoms with Crippen molar-refractivity contribution in [3.8, 4) is 0 Å². The number of aryl methyl sites for hydroxylation is 2. The minimum atomic E-state index is -3.28. The van der Waals surface area contributed by atoms with Gasteiger partial charge in [0.2, 0.25) is 10.0 Å². The summed E-state index contributed by atoms with van der Waals surface area (Å²) in [7, 11) is -3.28. The van der Waals surface area contributed by atoms with Crippen LogP contribution >= 0.6 is 0 Å². The zero-order valence-corrected chi connectivity index (χ0v) is 13.7. The van der Waals surface area contributed by atoms with E-state index in [-0.39, 0.29) is 17.8 Å². The van der Waals surface area contributed by atoms with Crippen LogP contribution in [-0.2, 0) is 16.4 Å². The molecule has 1 aliphatic rings. The smallest absolute Gasteiger partial charge is 0.212 e. The predicted octanol–water partition coefficient (Wildman–Crippen LogP) is 2.04. The van der Waals surface area contributed by atoms with Gasteiger partial charge in [-0.15, -0.1) is 0 Å². The molecule has 1 aliphatic carbocycles. The first-order valence-corrected chi connectivity index (χ1v) is 9.35. The molecule has 4 nitrogen and oxygen atoms in total. The lowest BCUT2D eigenvalue weighted by molar-refractivity contribution is 0.361. The molecule has 5 heteroatoms. The molecule has 0 amide bonds. The molecule has 2 rings (SSSR count). The fraction of sp³-hybridized carbons (Fsp3) is 0.625. The molecule has 3 N–H and O–H groups in total. The highest BCUT2D eigenvalue weighted by molar-refractivity contribution is 7.89. The van der Waals surface area contributed by atoms with E-state index in [1.165, 1.54) is 0 Å². The van der Waals surface area contributed by atoms with Crippen molar-refractivity contribution >= 4 is 10.0 Å². The Morgan fingerprint density at radius 2 is 1.81 bits per heavy atom. The van der Waals surface area contributed by atoms with Crippen molar-refractivity contribution in [3.05, 3.63) is 34.9 Å². The first-order chi connectivity index (χ1) is 9.89. The average Bonchev–Trinajstić information content (AvgIpc) is 2.40. The first-order valence-electron chi connectivity index (χ1n) is 7.70. The topological polar surface area (TPSA) is 72.2 Å². The zero-order valence-electron chi connectivity index (χ0n) is 12.9. The van der Waals surface area contributed by atoms with Gasteiger partial charge in [-0.3, -0.25) is 0 Å². The van der Waals surface area contributed by atoms with Crippen LogP contribution in [0.5, 0.6) is 0 Å². The molecule has 1 aromatic carbocycles. The number of benzene rings is 1. The molecule has 1 aromatic rings. The van der Waals surface area contributed by atoms with E-state index in [1.807, 2.05) is 32.0 Å². The zero-order chi connectivity index (χ0) is 15.5. The Morgan fingerprint density at radius 3 is 2.43 bits per heavy atom. The summed E-state index contributed by atoms with van der Waals surface area (Å²) in [6.45, 7) is 4.05. The number of sulfonamides is 1. The van der Waals surface area contributed by atoms with Crippen molar-refractivity contribution in [2.24, 2.45) is 5.73 Å². The van der Waals surface area contributed by atoms with E-state index in [0.717, 1.165) is 42.4 Å². The second-order valence-corrected chi connectivity index (χ2v) is 7.99. The van der Waals surface area contributed by atoms with Gasteiger partial charge < -0.3 is 5.73 Å². The summed E-state index contributed by atoms with van der Waals surface area (Å²) < 4.78 is 27.3. The summed E-state index contributed by atoms with van der Waals surface area (Å²) in [5, 5.41) is 0. The van der Waals surface area contributed by atoms with Crippen LogP contribution in [0.3, 0.4) is 0 Å². The Kier molecular flexibility index (Phi) is 5.41. The van der Waals surface area contributed by atoms with E-state index in [9.17, 15) is 8.42 Å². The first kappa shape index (κ1) is 16.5. The molecule has 118 valence electrons. The summed E-state index contributed by atoms with van der Waals surface area (Å²) in [4.78, 5) is 0. The summed E-state index contributed by atoms with van der Waals surface area (Å²) in [5.41, 5.74) is 9.45. The number of rotatable bonds is 5. The third-order valence-corrected chi connectivity index (χ3v) is 5.82. The van der Waals surface area contributed by atoms with Gasteiger partial charge in [-0.05, 0) is 49.8 Å². The van der Waals surface area contributed by atoms with Gasteiger partial charge in [-0.2, -0.15) is 0 Å². The minimum absolute atomic E-state index is 0.0475. The Hall–Kier alpha value is -0.910. The van der Waals surface area contributed by atoms with Gasteiger partial charge in [0.15, 0.2) is 0 Å². The van der Waals surface area contributed by atoms with Gasteiger partial charge in [-0.1, -0.05) is 31.0 Å². The van der Waals surface area contributed by atoms with Gasteiger partial charge in [0.05, 0.1) is 5.75 Å². The van der Waals surface area contributed by atoms with E-state index in [2.05, 4.69) is 4.72 Å². The Labute approximate surface area is 128 Å². The lowest BCUT2D eigenvalue weighted by Gasteiger charge is -2.29. The molecular formula is C16H26N2O2S. The number of nitrogens with two attached hydrogens (primary N) is 1. The van der Waals surface area contributed by atoms with Crippen LogP contribution in [0.15, 0.2) is 18.2 Å². The molecular weight excluding hydrogens is 284 g/mol. The quantitative estimate of drug-likeness (QED) is 0.874. The lowest BCUT2D eigenvalue weighted by atomic mass is 9.92. The molecule has 21 heavy (non-hydrogen) atoms. The largest absolute Gasteiger partial charge is 0.326 e. The molecule has 1 fully saturated rings. The molecule has 0 aliphatic heterocycles. The van der Waals surface area contributed by atoms with Crippen molar-refractivity contribution in [3.63, 3.8) is 0 Å². The molecule has 1 saturated carbocycles. The molecule has 2 unspecified atom stereocenters. The fourth-order valence-corrected chi connectivity index (χ4v) is 4.42. The number of nitrogens with one attached hydrogen (secondary N) is 1. The number of hydrogen-bond donors (Lipinski definition) is 2. The van der Waals surface area contributed by atoms with E-state index >= 15 is 0 Å². The molecule has 0 radical (unpaired) electrons. The van der Waals surface area contributed by atoms with Crippen LogP contribution < -0.4 is 10.5 Å². The molecule has 0 saturated heterocycles. The lowest BCUT2D eigenvalue weighted by Crippen LogP contribution is -2.49. The van der Waals surface area contributed by atoms with Crippen molar-refractivity contribution in [2.75, 3.05) is 5.75 Å². The van der Waals surface area contributed by atoms with Crippen LogP contribution in [0.25, 0.3) is 0 Å². The molecule has 0 spiro atoms. The van der Waals surface area contributed by atoms with Crippen molar-refractivity contribution in [2.45, 2.75) is 58.0 Å². The maximum atomic E-state index is 12.3. The van der Waals surface area contributed by atoms with Crippen LogP contribution in [0, 0.1) is 13.8 Å². The third kappa shape index (κ3) is 4.53. The second-order valence-electron chi connectivity index (χ2n) is 6.11. The summed E-state index contributed by atoms with van der Waals surface area (Å²) in [6.07, 6.45) is 4.46. The van der Waals surface area contributed by atoms with Gasteiger partial charge in [0, 0.05) is 12.1 Å². The maximum absolute atomic E-state index is 12.3. The van der Waals surface area contributed by atoms with Crippen molar-refractivity contribution in [1.82, 2.24) is 4.72 Å². The monoisotopic (exact) mass is 310 g/mol. The summed E-state index contributed by atoms with van der Waals surface area (Å²) in [6, 6.07) is 5.91. The molecule has 0 bridgehead atoms. The predicted molar refractivity (Wildman–Crippen MR) is 86.8 cm³/mol. The molecule has 2 atom stereocenters. The van der Waals surface area contributed by atoms with Crippen molar-refractivity contribution in [1.29, 1.82) is 0 Å².